The molecule has 1 aromatic heterocycles. The molecule has 1 N–H and O–H groups in total. The van der Waals surface area contributed by atoms with Gasteiger partial charge in [-0.3, -0.25) is 9.69 Å². The van der Waals surface area contributed by atoms with Gasteiger partial charge in [-0.25, -0.2) is 4.99 Å². The smallest absolute Gasteiger partial charge is 0.255 e. The molecule has 40 heavy (non-hydrogen) atoms. The molecule has 1 atom stereocenters. The zero-order valence-corrected chi connectivity index (χ0v) is 24.3. The summed E-state index contributed by atoms with van der Waals surface area (Å²) >= 11 is 0. The van der Waals surface area contributed by atoms with Gasteiger partial charge < -0.3 is 15.1 Å². The minimum atomic E-state index is -0.0685. The summed E-state index contributed by atoms with van der Waals surface area (Å²) in [6.45, 7) is 10.5. The summed E-state index contributed by atoms with van der Waals surface area (Å²) in [4.78, 5) is 39.5. The third-order valence-corrected chi connectivity index (χ3v) is 8.34. The van der Waals surface area contributed by atoms with E-state index in [-0.39, 0.29) is 11.8 Å². The van der Waals surface area contributed by atoms with Crippen LogP contribution in [0.3, 0.4) is 0 Å². The van der Waals surface area contributed by atoms with E-state index >= 15 is 0 Å². The molecule has 9 nitrogen and oxygen atoms in total. The molecule has 2 aliphatic heterocycles. The molecule has 214 valence electrons. The lowest BCUT2D eigenvalue weighted by molar-refractivity contribution is -0.116. The van der Waals surface area contributed by atoms with Gasteiger partial charge >= 0.3 is 0 Å². The number of aryl methyl sites for hydroxylation is 1. The van der Waals surface area contributed by atoms with E-state index in [9.17, 15) is 4.79 Å². The Balaban J connectivity index is 1.28. The number of anilines is 1. The summed E-state index contributed by atoms with van der Waals surface area (Å²) in [6, 6.07) is 0.690. The molecule has 4 aliphatic rings. The van der Waals surface area contributed by atoms with Crippen molar-refractivity contribution in [3.05, 3.63) is 53.6 Å². The monoisotopic (exact) mass is 544 g/mol. The Kier molecular flexibility index (Phi) is 9.54. The van der Waals surface area contributed by atoms with Gasteiger partial charge in [0.1, 0.15) is 5.82 Å². The third-order valence-electron chi connectivity index (χ3n) is 8.34. The molecule has 2 fully saturated rings. The van der Waals surface area contributed by atoms with Crippen LogP contribution in [0, 0.1) is 5.92 Å². The van der Waals surface area contributed by atoms with E-state index < -0.39 is 0 Å². The maximum atomic E-state index is 13.0. The van der Waals surface area contributed by atoms with E-state index in [0.717, 1.165) is 81.5 Å². The van der Waals surface area contributed by atoms with Gasteiger partial charge in [0.2, 0.25) is 5.95 Å². The van der Waals surface area contributed by atoms with Crippen molar-refractivity contribution in [3.63, 3.8) is 0 Å². The first-order valence-electron chi connectivity index (χ1n) is 15.0. The number of hydrogen-bond acceptors (Lipinski definition) is 8. The van der Waals surface area contributed by atoms with Crippen molar-refractivity contribution in [2.24, 2.45) is 10.9 Å². The lowest BCUT2D eigenvalue weighted by atomic mass is 9.96. The Bertz CT molecular complexity index is 1200. The number of hydrogen-bond donors (Lipinski definition) is 1. The van der Waals surface area contributed by atoms with Crippen LogP contribution in [0.2, 0.25) is 0 Å². The zero-order valence-electron chi connectivity index (χ0n) is 24.3. The Labute approximate surface area is 238 Å². The Morgan fingerprint density at radius 1 is 1.02 bits per heavy atom. The van der Waals surface area contributed by atoms with Crippen LogP contribution in [0.25, 0.3) is 0 Å². The number of likely N-dealkylation sites (tertiary alicyclic amines) is 1. The normalized spacial score (nSPS) is 24.4. The number of nitrogens with one attached hydrogen (secondary N) is 1. The molecule has 5 rings (SSSR count). The third kappa shape index (κ3) is 7.52. The highest BCUT2D eigenvalue weighted by Crippen LogP contribution is 2.22. The van der Waals surface area contributed by atoms with E-state index in [2.05, 4.69) is 58.0 Å². The quantitative estimate of drug-likeness (QED) is 0.579. The highest BCUT2D eigenvalue weighted by Gasteiger charge is 2.27. The van der Waals surface area contributed by atoms with Gasteiger partial charge in [0.25, 0.3) is 11.9 Å². The first-order valence-corrected chi connectivity index (χ1v) is 15.0. The largest absolute Gasteiger partial charge is 0.338 e. The second-order valence-electron chi connectivity index (χ2n) is 11.4. The van der Waals surface area contributed by atoms with E-state index in [4.69, 9.17) is 15.0 Å². The average molecular weight is 545 g/mol. The number of rotatable bonds is 6. The highest BCUT2D eigenvalue weighted by atomic mass is 16.1. The van der Waals surface area contributed by atoms with Gasteiger partial charge in [-0.15, -0.1) is 0 Å². The van der Waals surface area contributed by atoms with Crippen molar-refractivity contribution < 1.29 is 4.79 Å². The van der Waals surface area contributed by atoms with Gasteiger partial charge in [0, 0.05) is 55.6 Å². The fraction of sp³-hybridized carbons (Fsp3) is 0.581. The molecule has 2 aliphatic carbocycles. The number of piperazine rings is 1. The topological polar surface area (TPSA) is 89.8 Å². The van der Waals surface area contributed by atoms with Gasteiger partial charge in [-0.1, -0.05) is 32.1 Å². The van der Waals surface area contributed by atoms with Crippen molar-refractivity contribution in [2.45, 2.75) is 64.8 Å². The Morgan fingerprint density at radius 3 is 2.55 bits per heavy atom. The van der Waals surface area contributed by atoms with Crippen LogP contribution < -0.4 is 10.2 Å². The summed E-state index contributed by atoms with van der Waals surface area (Å²) in [5.41, 5.74) is 2.52. The van der Waals surface area contributed by atoms with Gasteiger partial charge in [0.15, 0.2) is 0 Å². The second kappa shape index (κ2) is 13.5. The molecule has 0 radical (unpaired) electrons. The number of amides is 1. The average Bonchev–Trinajstić information content (AvgIpc) is 2.97. The standard InChI is InChI=1S/C31H44N8O/c1-4-28-34-30(36-31(35-28)39-20-18-38(19-21-39)27-14-16-37(3)17-15-27)33-26-12-10-23(2)22-24(11-13-26)29(40)32-25-8-6-5-7-9-25/h5-6,8,11,13,22-23,27H,4,7,9-10,12,14-21H2,1-3H3,(H,32,40). The van der Waals surface area contributed by atoms with Crippen molar-refractivity contribution in [2.75, 3.05) is 51.2 Å². The van der Waals surface area contributed by atoms with Crippen LogP contribution in [0.15, 0.2) is 52.7 Å². The Morgan fingerprint density at radius 2 is 1.82 bits per heavy atom. The van der Waals surface area contributed by atoms with Crippen LogP contribution >= 0.6 is 0 Å². The fourth-order valence-electron chi connectivity index (χ4n) is 5.78. The number of allylic oxidation sites excluding steroid dienone is 6. The molecule has 1 aromatic rings. The van der Waals surface area contributed by atoms with Crippen LogP contribution in [-0.4, -0.2) is 88.7 Å². The lowest BCUT2D eigenvalue weighted by Gasteiger charge is -2.42. The highest BCUT2D eigenvalue weighted by molar-refractivity contribution is 6.02. The number of carbonyl (C=O) groups is 1. The summed E-state index contributed by atoms with van der Waals surface area (Å²) in [5, 5.41) is 3.07. The van der Waals surface area contributed by atoms with Crippen LogP contribution in [0.5, 0.6) is 0 Å². The number of nitrogens with zero attached hydrogens (tertiary/aromatic N) is 7. The predicted octanol–water partition coefficient (Wildman–Crippen LogP) is 3.99. The molecule has 0 saturated carbocycles. The summed E-state index contributed by atoms with van der Waals surface area (Å²) in [6.07, 6.45) is 18.7. The fourth-order valence-corrected chi connectivity index (χ4v) is 5.78. The molecule has 1 unspecified atom stereocenters. The van der Waals surface area contributed by atoms with Gasteiger partial charge in [-0.2, -0.15) is 15.0 Å². The molecule has 1 amide bonds. The molecular weight excluding hydrogens is 500 g/mol. The molecule has 0 spiro atoms. The SMILES string of the molecule is CCc1nc(N=C2C=CC(C(=O)NC3=CC=CCC3)=CC(C)CC2)nc(N2CCN(C3CCN(C)CC3)CC2)n1. The van der Waals surface area contributed by atoms with Crippen molar-refractivity contribution >= 4 is 23.5 Å². The van der Waals surface area contributed by atoms with Crippen molar-refractivity contribution in [3.8, 4) is 0 Å². The van der Waals surface area contributed by atoms with Gasteiger partial charge in [0.05, 0.1) is 0 Å². The predicted molar refractivity (Wildman–Crippen MR) is 161 cm³/mol. The Hall–Kier alpha value is -3.17. The molecule has 0 aromatic carbocycles. The number of carbonyl (C=O) groups excluding carboxylic acids is 1. The first kappa shape index (κ1) is 28.4. The molecule has 3 heterocycles. The van der Waals surface area contributed by atoms with Crippen molar-refractivity contribution in [1.82, 2.24) is 30.1 Å². The second-order valence-corrected chi connectivity index (χ2v) is 11.4. The molecule has 9 heteroatoms. The summed E-state index contributed by atoms with van der Waals surface area (Å²) in [7, 11) is 2.22. The minimum absolute atomic E-state index is 0.0685. The first-order chi connectivity index (χ1) is 19.5. The maximum absolute atomic E-state index is 13.0. The zero-order chi connectivity index (χ0) is 27.9. The summed E-state index contributed by atoms with van der Waals surface area (Å²) in [5.74, 6) is 2.15. The van der Waals surface area contributed by atoms with E-state index in [0.29, 0.717) is 17.6 Å². The van der Waals surface area contributed by atoms with E-state index in [1.54, 1.807) is 0 Å². The van der Waals surface area contributed by atoms with Crippen molar-refractivity contribution in [1.29, 1.82) is 0 Å². The number of piperidine rings is 1. The van der Waals surface area contributed by atoms with Gasteiger partial charge in [-0.05, 0) is 82.8 Å². The van der Waals surface area contributed by atoms with Crippen LogP contribution in [-0.2, 0) is 11.2 Å². The van der Waals surface area contributed by atoms with Crippen LogP contribution in [0.1, 0.15) is 58.2 Å². The maximum Gasteiger partial charge on any atom is 0.255 e. The number of aliphatic imine (C=N–C) groups is 1. The number of aromatic nitrogens is 3. The van der Waals surface area contributed by atoms with E-state index in [1.165, 1.54) is 25.9 Å². The molecule has 0 bridgehead atoms. The molecular formula is C31H44N8O. The summed E-state index contributed by atoms with van der Waals surface area (Å²) < 4.78 is 0. The minimum Gasteiger partial charge on any atom is -0.338 e. The lowest BCUT2D eigenvalue weighted by Crippen LogP contribution is -2.53. The molecule has 2 saturated heterocycles. The van der Waals surface area contributed by atoms with Crippen LogP contribution in [0.4, 0.5) is 11.9 Å². The van der Waals surface area contributed by atoms with E-state index in [1.807, 2.05) is 24.3 Å².